The number of para-hydroxylation sites is 2. The van der Waals surface area contributed by atoms with E-state index in [-0.39, 0.29) is 18.2 Å². The van der Waals surface area contributed by atoms with Gasteiger partial charge in [-0.25, -0.2) is 0 Å². The second-order valence-corrected chi connectivity index (χ2v) is 5.79. The third-order valence-electron chi connectivity index (χ3n) is 4.23. The lowest BCUT2D eigenvalue weighted by Crippen LogP contribution is -2.28. The molecule has 2 aromatic rings. The summed E-state index contributed by atoms with van der Waals surface area (Å²) in [4.78, 5) is 26.5. The lowest BCUT2D eigenvalue weighted by Gasteiger charge is -2.19. The molecule has 0 aliphatic carbocycles. The van der Waals surface area contributed by atoms with Crippen molar-refractivity contribution in [3.8, 4) is 11.5 Å². The first-order chi connectivity index (χ1) is 12.1. The number of rotatable bonds is 5. The van der Waals surface area contributed by atoms with Crippen LogP contribution in [-0.2, 0) is 9.59 Å². The molecule has 130 valence electrons. The van der Waals surface area contributed by atoms with Crippen LogP contribution in [0.3, 0.4) is 0 Å². The molecule has 1 atom stereocenters. The third-order valence-corrected chi connectivity index (χ3v) is 4.23. The highest BCUT2D eigenvalue weighted by Crippen LogP contribution is 2.33. The van der Waals surface area contributed by atoms with E-state index in [4.69, 9.17) is 9.47 Å². The van der Waals surface area contributed by atoms with Gasteiger partial charge in [-0.15, -0.1) is 0 Å². The number of carbonyl (C=O) groups is 2. The predicted octanol–water partition coefficient (Wildman–Crippen LogP) is 2.70. The van der Waals surface area contributed by atoms with Crippen LogP contribution in [0.25, 0.3) is 0 Å². The second-order valence-electron chi connectivity index (χ2n) is 5.79. The highest BCUT2D eigenvalue weighted by atomic mass is 16.5. The summed E-state index contributed by atoms with van der Waals surface area (Å²) in [6.45, 7) is 0.335. The number of ether oxygens (including phenoxy) is 2. The highest BCUT2D eigenvalue weighted by Gasteiger charge is 2.36. The molecular weight excluding hydrogens is 320 g/mol. The Morgan fingerprint density at radius 3 is 2.48 bits per heavy atom. The van der Waals surface area contributed by atoms with Gasteiger partial charge in [0.15, 0.2) is 0 Å². The maximum atomic E-state index is 12.5. The van der Waals surface area contributed by atoms with E-state index in [0.29, 0.717) is 23.7 Å². The molecule has 6 nitrogen and oxygen atoms in total. The van der Waals surface area contributed by atoms with Gasteiger partial charge in [0.05, 0.1) is 25.8 Å². The molecule has 0 aromatic heterocycles. The van der Waals surface area contributed by atoms with Crippen molar-refractivity contribution < 1.29 is 19.1 Å². The summed E-state index contributed by atoms with van der Waals surface area (Å²) in [5.41, 5.74) is 1.36. The molecule has 2 aromatic carbocycles. The van der Waals surface area contributed by atoms with Crippen molar-refractivity contribution >= 4 is 23.2 Å². The summed E-state index contributed by atoms with van der Waals surface area (Å²) >= 11 is 0. The third kappa shape index (κ3) is 3.57. The van der Waals surface area contributed by atoms with Crippen molar-refractivity contribution in [3.05, 3.63) is 48.5 Å². The summed E-state index contributed by atoms with van der Waals surface area (Å²) < 4.78 is 10.4. The van der Waals surface area contributed by atoms with Gasteiger partial charge in [0.2, 0.25) is 11.8 Å². The van der Waals surface area contributed by atoms with Gasteiger partial charge in [-0.05, 0) is 36.4 Å². The predicted molar refractivity (Wildman–Crippen MR) is 95.1 cm³/mol. The monoisotopic (exact) mass is 340 g/mol. The zero-order valence-electron chi connectivity index (χ0n) is 14.2. The van der Waals surface area contributed by atoms with Crippen LogP contribution in [0.1, 0.15) is 6.42 Å². The minimum absolute atomic E-state index is 0.0839. The molecule has 6 heteroatoms. The highest BCUT2D eigenvalue weighted by molar-refractivity contribution is 6.04. The van der Waals surface area contributed by atoms with Crippen molar-refractivity contribution in [1.82, 2.24) is 0 Å². The standard InChI is InChI=1S/C19H20N2O4/c1-24-15-9-7-14(8-10-15)20-19(23)13-11-18(22)21(12-13)16-5-3-4-6-17(16)25-2/h3-10,13H,11-12H2,1-2H3,(H,20,23)/t13-/m0/s1. The Kier molecular flexibility index (Phi) is 4.88. The largest absolute Gasteiger partial charge is 0.497 e. The van der Waals surface area contributed by atoms with Crippen LogP contribution >= 0.6 is 0 Å². The van der Waals surface area contributed by atoms with E-state index in [1.54, 1.807) is 49.5 Å². The molecule has 0 radical (unpaired) electrons. The molecule has 1 saturated heterocycles. The lowest BCUT2D eigenvalue weighted by molar-refractivity contribution is -0.122. The first-order valence-corrected chi connectivity index (χ1v) is 8.00. The van der Waals surface area contributed by atoms with Gasteiger partial charge in [0.25, 0.3) is 0 Å². The average Bonchev–Trinajstić information content (AvgIpc) is 3.04. The maximum absolute atomic E-state index is 12.5. The number of benzene rings is 2. The molecule has 0 bridgehead atoms. The molecule has 1 aliphatic heterocycles. The molecule has 2 amide bonds. The van der Waals surface area contributed by atoms with Crippen LogP contribution in [0.4, 0.5) is 11.4 Å². The molecule has 1 heterocycles. The van der Waals surface area contributed by atoms with E-state index < -0.39 is 5.92 Å². The lowest BCUT2D eigenvalue weighted by atomic mass is 10.1. The quantitative estimate of drug-likeness (QED) is 0.909. The summed E-state index contributed by atoms with van der Waals surface area (Å²) in [5.74, 6) is 0.679. The molecule has 0 saturated carbocycles. The normalized spacial score (nSPS) is 16.6. The minimum atomic E-state index is -0.403. The number of hydrogen-bond acceptors (Lipinski definition) is 4. The van der Waals surface area contributed by atoms with Gasteiger partial charge in [0, 0.05) is 18.7 Å². The number of hydrogen-bond donors (Lipinski definition) is 1. The van der Waals surface area contributed by atoms with Crippen LogP contribution in [0.5, 0.6) is 11.5 Å². The number of anilines is 2. The fourth-order valence-electron chi connectivity index (χ4n) is 2.89. The van der Waals surface area contributed by atoms with E-state index in [0.717, 1.165) is 5.75 Å². The summed E-state index contributed by atoms with van der Waals surface area (Å²) in [5, 5.41) is 2.85. The van der Waals surface area contributed by atoms with Gasteiger partial charge in [0.1, 0.15) is 11.5 Å². The van der Waals surface area contributed by atoms with Gasteiger partial charge in [-0.2, -0.15) is 0 Å². The van der Waals surface area contributed by atoms with Crippen molar-refractivity contribution in [2.24, 2.45) is 5.92 Å². The Morgan fingerprint density at radius 2 is 1.80 bits per heavy atom. The Balaban J connectivity index is 1.70. The molecule has 0 unspecified atom stereocenters. The summed E-state index contributed by atoms with van der Waals surface area (Å²) in [6, 6.07) is 14.4. The van der Waals surface area contributed by atoms with Gasteiger partial charge in [-0.1, -0.05) is 12.1 Å². The number of carbonyl (C=O) groups excluding carboxylic acids is 2. The smallest absolute Gasteiger partial charge is 0.229 e. The first kappa shape index (κ1) is 16.8. The SMILES string of the molecule is COc1ccc(NC(=O)[C@H]2CC(=O)N(c3ccccc3OC)C2)cc1. The average molecular weight is 340 g/mol. The zero-order valence-corrected chi connectivity index (χ0v) is 14.2. The Bertz CT molecular complexity index is 773. The molecular formula is C19H20N2O4. The fraction of sp³-hybridized carbons (Fsp3) is 0.263. The number of amides is 2. The van der Waals surface area contributed by atoms with Crippen LogP contribution in [-0.4, -0.2) is 32.6 Å². The minimum Gasteiger partial charge on any atom is -0.497 e. The molecule has 3 rings (SSSR count). The maximum Gasteiger partial charge on any atom is 0.229 e. The first-order valence-electron chi connectivity index (χ1n) is 8.00. The fourth-order valence-corrected chi connectivity index (χ4v) is 2.89. The Morgan fingerprint density at radius 1 is 1.08 bits per heavy atom. The van der Waals surface area contributed by atoms with E-state index in [9.17, 15) is 9.59 Å². The van der Waals surface area contributed by atoms with Crippen LogP contribution < -0.4 is 19.7 Å². The van der Waals surface area contributed by atoms with Gasteiger partial charge >= 0.3 is 0 Å². The number of nitrogens with zero attached hydrogens (tertiary/aromatic N) is 1. The van der Waals surface area contributed by atoms with Crippen LogP contribution in [0.15, 0.2) is 48.5 Å². The molecule has 25 heavy (non-hydrogen) atoms. The Hall–Kier alpha value is -3.02. The van der Waals surface area contributed by atoms with E-state index in [2.05, 4.69) is 5.32 Å². The topological polar surface area (TPSA) is 67.9 Å². The number of methoxy groups -OCH3 is 2. The molecule has 0 spiro atoms. The van der Waals surface area contributed by atoms with E-state index in [1.807, 2.05) is 18.2 Å². The molecule has 1 N–H and O–H groups in total. The molecule has 1 aliphatic rings. The van der Waals surface area contributed by atoms with Gasteiger partial charge in [-0.3, -0.25) is 9.59 Å². The van der Waals surface area contributed by atoms with Crippen molar-refractivity contribution in [3.63, 3.8) is 0 Å². The summed E-state index contributed by atoms with van der Waals surface area (Å²) in [6.07, 6.45) is 0.181. The zero-order chi connectivity index (χ0) is 17.8. The van der Waals surface area contributed by atoms with Crippen LogP contribution in [0, 0.1) is 5.92 Å². The van der Waals surface area contributed by atoms with Gasteiger partial charge < -0.3 is 19.7 Å². The van der Waals surface area contributed by atoms with Crippen molar-refractivity contribution in [2.45, 2.75) is 6.42 Å². The number of nitrogens with one attached hydrogen (secondary N) is 1. The second kappa shape index (κ2) is 7.25. The molecule has 1 fully saturated rings. The Labute approximate surface area is 146 Å². The summed E-state index contributed by atoms with van der Waals surface area (Å²) in [7, 11) is 3.15. The van der Waals surface area contributed by atoms with Crippen molar-refractivity contribution in [2.75, 3.05) is 31.0 Å². The van der Waals surface area contributed by atoms with Crippen LogP contribution in [0.2, 0.25) is 0 Å². The van der Waals surface area contributed by atoms with E-state index in [1.165, 1.54) is 0 Å². The van der Waals surface area contributed by atoms with Crippen molar-refractivity contribution in [1.29, 1.82) is 0 Å². The van der Waals surface area contributed by atoms with E-state index >= 15 is 0 Å².